The molecule has 1 aliphatic heterocycles. The lowest BCUT2D eigenvalue weighted by molar-refractivity contribution is -0.137. The smallest absolute Gasteiger partial charge is 0.318 e. The van der Waals surface area contributed by atoms with E-state index in [4.69, 9.17) is 0 Å². The molecular weight excluding hydrogens is 416 g/mol. The summed E-state index contributed by atoms with van der Waals surface area (Å²) in [5.41, 5.74) is 0. The van der Waals surface area contributed by atoms with Crippen molar-refractivity contribution in [3.8, 4) is 0 Å². The molecule has 1 rings (SSSR count). The molecule has 4 N–H and O–H groups in total. The molecule has 0 bridgehead atoms. The Kier molecular flexibility index (Phi) is 12.1. The summed E-state index contributed by atoms with van der Waals surface area (Å²) in [5.74, 6) is -0.898. The number of rotatable bonds is 13. The van der Waals surface area contributed by atoms with E-state index in [1.165, 1.54) is 12.2 Å². The van der Waals surface area contributed by atoms with E-state index in [0.29, 0.717) is 41.0 Å². The van der Waals surface area contributed by atoms with Gasteiger partial charge in [-0.05, 0) is 56.5 Å². The minimum atomic E-state index is -0.652. The standard InChI is InChI=1S/C17H29N5O5P2/c1-28-20-16(26)18-10-4-3-6-12(19-17(27)21-29-2)13(23)7-5-11-22-14(24)8-9-15(22)25/h8-9,12,28-29H,3-7,10-11H2,1-2H3,(H2,18,20,26)(H2,19,21,27). The number of unbranched alkanes of at least 4 members (excludes halogenated alkanes) is 1. The van der Waals surface area contributed by atoms with Crippen LogP contribution in [0.3, 0.4) is 0 Å². The van der Waals surface area contributed by atoms with E-state index in [2.05, 4.69) is 20.8 Å². The van der Waals surface area contributed by atoms with Crippen molar-refractivity contribution in [2.24, 2.45) is 0 Å². The van der Waals surface area contributed by atoms with Crippen molar-refractivity contribution in [1.29, 1.82) is 0 Å². The predicted molar refractivity (Wildman–Crippen MR) is 114 cm³/mol. The highest BCUT2D eigenvalue weighted by atomic mass is 31.1. The summed E-state index contributed by atoms with van der Waals surface area (Å²) in [5, 5.41) is 10.7. The third-order valence-corrected chi connectivity index (χ3v) is 5.04. The van der Waals surface area contributed by atoms with Crippen LogP contribution in [0.15, 0.2) is 12.2 Å². The average molecular weight is 445 g/mol. The Bertz CT molecular complexity index is 626. The first-order chi connectivity index (χ1) is 13.9. The van der Waals surface area contributed by atoms with E-state index in [-0.39, 0.29) is 45.3 Å². The van der Waals surface area contributed by atoms with Crippen LogP contribution in [0.2, 0.25) is 0 Å². The molecule has 1 heterocycles. The second-order valence-corrected chi connectivity index (χ2v) is 7.76. The van der Waals surface area contributed by atoms with Crippen LogP contribution in [0.25, 0.3) is 0 Å². The number of hydrogen-bond donors (Lipinski definition) is 4. The molecule has 3 atom stereocenters. The van der Waals surface area contributed by atoms with E-state index in [9.17, 15) is 24.0 Å². The van der Waals surface area contributed by atoms with Crippen LogP contribution in [0.5, 0.6) is 0 Å². The van der Waals surface area contributed by atoms with E-state index in [1.54, 1.807) is 0 Å². The normalized spacial score (nSPS) is 14.8. The highest BCUT2D eigenvalue weighted by Gasteiger charge is 2.24. The van der Waals surface area contributed by atoms with Gasteiger partial charge < -0.3 is 20.8 Å². The Balaban J connectivity index is 2.42. The molecule has 162 valence electrons. The number of urea groups is 2. The fraction of sp³-hybridized carbons (Fsp3) is 0.588. The lowest BCUT2D eigenvalue weighted by Gasteiger charge is -2.19. The van der Waals surface area contributed by atoms with Gasteiger partial charge in [-0.2, -0.15) is 0 Å². The zero-order valence-corrected chi connectivity index (χ0v) is 18.7. The van der Waals surface area contributed by atoms with Crippen LogP contribution in [-0.2, 0) is 14.4 Å². The predicted octanol–water partition coefficient (Wildman–Crippen LogP) is 0.845. The SMILES string of the molecule is CPNC(=O)NCCCCC(NC(=O)NPC)C(=O)CCCN1C(=O)C=CC1=O. The van der Waals surface area contributed by atoms with Gasteiger partial charge in [0, 0.05) is 31.7 Å². The fourth-order valence-corrected chi connectivity index (χ4v) is 3.31. The van der Waals surface area contributed by atoms with Crippen molar-refractivity contribution in [3.63, 3.8) is 0 Å². The first-order valence-electron chi connectivity index (χ1n) is 9.39. The van der Waals surface area contributed by atoms with E-state index < -0.39 is 12.1 Å². The highest BCUT2D eigenvalue weighted by molar-refractivity contribution is 7.35. The number of Topliss-reactive ketones (excluding diaryl/α,β-unsaturated/α-hetero) is 1. The molecule has 0 fully saturated rings. The third kappa shape index (κ3) is 9.81. The molecule has 6 amide bonds. The molecule has 0 aromatic carbocycles. The first kappa shape index (κ1) is 25.0. The molecule has 0 saturated heterocycles. The minimum Gasteiger partial charge on any atom is -0.338 e. The van der Waals surface area contributed by atoms with Crippen molar-refractivity contribution in [1.82, 2.24) is 25.7 Å². The van der Waals surface area contributed by atoms with Gasteiger partial charge in [0.05, 0.1) is 6.04 Å². The summed E-state index contributed by atoms with van der Waals surface area (Å²) in [4.78, 5) is 59.9. The van der Waals surface area contributed by atoms with E-state index >= 15 is 0 Å². The average Bonchev–Trinajstić information content (AvgIpc) is 2.99. The molecule has 0 aromatic heterocycles. The van der Waals surface area contributed by atoms with Gasteiger partial charge in [0.1, 0.15) is 0 Å². The summed E-state index contributed by atoms with van der Waals surface area (Å²) in [6, 6.07) is -1.28. The van der Waals surface area contributed by atoms with Gasteiger partial charge in [0.2, 0.25) is 0 Å². The summed E-state index contributed by atoms with van der Waals surface area (Å²) in [7, 11) is 0.541. The third-order valence-electron chi connectivity index (χ3n) is 4.08. The van der Waals surface area contributed by atoms with E-state index in [0.717, 1.165) is 4.90 Å². The number of nitrogens with zero attached hydrogens (tertiary/aromatic N) is 1. The van der Waals surface area contributed by atoms with Crippen LogP contribution in [0.4, 0.5) is 9.59 Å². The monoisotopic (exact) mass is 445 g/mol. The Hall–Kier alpha value is -2.05. The molecule has 29 heavy (non-hydrogen) atoms. The van der Waals surface area contributed by atoms with Crippen LogP contribution in [-0.4, -0.2) is 67.0 Å². The van der Waals surface area contributed by atoms with Crippen molar-refractivity contribution in [2.45, 2.75) is 38.1 Å². The molecule has 0 aromatic rings. The zero-order valence-electron chi connectivity index (χ0n) is 16.7. The largest absolute Gasteiger partial charge is 0.338 e. The second kappa shape index (κ2) is 14.0. The number of carbonyl (C=O) groups excluding carboxylic acids is 5. The summed E-state index contributed by atoms with van der Waals surface area (Å²) >= 11 is 0. The highest BCUT2D eigenvalue weighted by Crippen LogP contribution is 2.10. The number of ketones is 1. The Morgan fingerprint density at radius 2 is 1.59 bits per heavy atom. The van der Waals surface area contributed by atoms with Crippen molar-refractivity contribution in [3.05, 3.63) is 12.2 Å². The minimum absolute atomic E-state index is 0.147. The molecule has 0 saturated carbocycles. The summed E-state index contributed by atoms with van der Waals surface area (Å²) in [6.07, 6.45) is 4.67. The van der Waals surface area contributed by atoms with Gasteiger partial charge in [0.25, 0.3) is 11.8 Å². The van der Waals surface area contributed by atoms with Gasteiger partial charge in [-0.15, -0.1) is 0 Å². The maximum atomic E-state index is 12.6. The lowest BCUT2D eigenvalue weighted by Crippen LogP contribution is -2.44. The summed E-state index contributed by atoms with van der Waals surface area (Å²) < 4.78 is 0. The molecule has 1 aliphatic rings. The molecule has 10 nitrogen and oxygen atoms in total. The second-order valence-electron chi connectivity index (χ2n) is 6.26. The molecule has 0 aliphatic carbocycles. The van der Waals surface area contributed by atoms with Crippen LogP contribution < -0.4 is 20.8 Å². The van der Waals surface area contributed by atoms with Gasteiger partial charge in [-0.25, -0.2) is 9.59 Å². The Morgan fingerprint density at radius 1 is 0.966 bits per heavy atom. The van der Waals surface area contributed by atoms with Crippen molar-refractivity contribution in [2.75, 3.05) is 26.4 Å². The topological polar surface area (TPSA) is 137 Å². The number of carbonyl (C=O) groups is 5. The number of amides is 6. The molecule has 3 unspecified atom stereocenters. The van der Waals surface area contributed by atoms with Gasteiger partial charge in [-0.1, -0.05) is 0 Å². The molecule has 0 radical (unpaired) electrons. The van der Waals surface area contributed by atoms with E-state index in [1.807, 2.05) is 13.3 Å². The number of nitrogens with one attached hydrogen (secondary N) is 4. The number of imide groups is 1. The zero-order chi connectivity index (χ0) is 21.6. The lowest BCUT2D eigenvalue weighted by atomic mass is 10.0. The van der Waals surface area contributed by atoms with Crippen molar-refractivity contribution < 1.29 is 24.0 Å². The number of hydrogen-bond acceptors (Lipinski definition) is 5. The molecule has 12 heteroatoms. The van der Waals surface area contributed by atoms with Gasteiger partial charge in [0.15, 0.2) is 5.78 Å². The quantitative estimate of drug-likeness (QED) is 0.189. The van der Waals surface area contributed by atoms with Gasteiger partial charge in [-0.3, -0.25) is 19.3 Å². The maximum absolute atomic E-state index is 12.6. The first-order valence-corrected chi connectivity index (χ1v) is 12.4. The van der Waals surface area contributed by atoms with Crippen LogP contribution >= 0.6 is 17.5 Å². The van der Waals surface area contributed by atoms with Crippen LogP contribution in [0, 0.1) is 0 Å². The Labute approximate surface area is 174 Å². The summed E-state index contributed by atoms with van der Waals surface area (Å²) in [6.45, 7) is 4.31. The molecule has 0 spiro atoms. The fourth-order valence-electron chi connectivity index (χ4n) is 2.69. The Morgan fingerprint density at radius 3 is 2.21 bits per heavy atom. The maximum Gasteiger partial charge on any atom is 0.318 e. The van der Waals surface area contributed by atoms with Crippen LogP contribution in [0.1, 0.15) is 32.1 Å². The van der Waals surface area contributed by atoms with Crippen molar-refractivity contribution >= 4 is 47.1 Å². The van der Waals surface area contributed by atoms with Gasteiger partial charge >= 0.3 is 12.1 Å². The molecular formula is C17H29N5O5P2.